The number of ether oxygens (including phenoxy) is 2. The molecule has 0 aliphatic carbocycles. The molecule has 1 saturated heterocycles. The summed E-state index contributed by atoms with van der Waals surface area (Å²) in [5.74, 6) is 0.833. The molecule has 144 valence electrons. The average Bonchev–Trinajstić information content (AvgIpc) is 2.70. The van der Waals surface area contributed by atoms with E-state index in [4.69, 9.17) is 9.47 Å². The first-order valence-electron chi connectivity index (χ1n) is 9.49. The van der Waals surface area contributed by atoms with Crippen molar-refractivity contribution in [2.45, 2.75) is 38.3 Å². The van der Waals surface area contributed by atoms with Crippen molar-refractivity contribution >= 4 is 5.97 Å². The summed E-state index contributed by atoms with van der Waals surface area (Å²) in [6.07, 6.45) is 2.62. The number of carbonyl (C=O) groups is 1. The smallest absolute Gasteiger partial charge is 0.320 e. The number of hydrogen-bond donors (Lipinski definition) is 1. The maximum absolute atomic E-state index is 11.9. The zero-order valence-corrected chi connectivity index (χ0v) is 15.9. The minimum absolute atomic E-state index is 0.142. The summed E-state index contributed by atoms with van der Waals surface area (Å²) in [5, 5.41) is 9.78. The van der Waals surface area contributed by atoms with Crippen LogP contribution in [-0.4, -0.2) is 42.3 Å². The van der Waals surface area contributed by atoms with Crippen LogP contribution in [0, 0.1) is 0 Å². The molecule has 27 heavy (non-hydrogen) atoms. The molecule has 2 unspecified atom stereocenters. The molecule has 3 rings (SSSR count). The number of hydrogen-bond acceptors (Lipinski definition) is 4. The number of nitrogens with zero attached hydrogens (tertiary/aromatic N) is 1. The molecular formula is C22H27NO4. The van der Waals surface area contributed by atoms with Gasteiger partial charge >= 0.3 is 5.97 Å². The number of aliphatic carboxylic acids is 1. The third kappa shape index (κ3) is 4.42. The van der Waals surface area contributed by atoms with Crippen molar-refractivity contribution in [3.63, 3.8) is 0 Å². The van der Waals surface area contributed by atoms with Crippen LogP contribution in [0.4, 0.5) is 0 Å². The molecule has 1 aliphatic heterocycles. The van der Waals surface area contributed by atoms with Gasteiger partial charge < -0.3 is 14.6 Å². The van der Waals surface area contributed by atoms with Gasteiger partial charge in [-0.1, -0.05) is 30.7 Å². The van der Waals surface area contributed by atoms with Gasteiger partial charge in [-0.05, 0) is 61.7 Å². The van der Waals surface area contributed by atoms with E-state index in [1.54, 1.807) is 7.11 Å². The Morgan fingerprint density at radius 2 is 1.93 bits per heavy atom. The number of benzene rings is 2. The van der Waals surface area contributed by atoms with Crippen molar-refractivity contribution < 1.29 is 19.4 Å². The number of piperidine rings is 1. The molecule has 1 fully saturated rings. The van der Waals surface area contributed by atoms with Crippen LogP contribution in [0.1, 0.15) is 43.4 Å². The van der Waals surface area contributed by atoms with Crippen LogP contribution in [0.25, 0.3) is 0 Å². The molecule has 2 atom stereocenters. The number of rotatable bonds is 7. The van der Waals surface area contributed by atoms with Crippen molar-refractivity contribution in [1.29, 1.82) is 0 Å². The predicted octanol–water partition coefficient (Wildman–Crippen LogP) is 4.12. The highest BCUT2D eigenvalue weighted by Crippen LogP contribution is 2.36. The molecule has 0 bridgehead atoms. The standard InChI is InChI=1S/C22H27NO4/c1-3-27-18-12-10-16(11-13-18)21(17-7-6-8-19(15-17)26-2)23-14-5-4-9-20(23)22(24)25/h6-8,10-13,15,20-21H,3-5,9,14H2,1-2H3,(H,24,25). The van der Waals surface area contributed by atoms with Gasteiger partial charge in [0, 0.05) is 0 Å². The summed E-state index contributed by atoms with van der Waals surface area (Å²) in [6.45, 7) is 3.33. The molecule has 0 spiro atoms. The number of carboxylic acids is 1. The van der Waals surface area contributed by atoms with E-state index in [0.29, 0.717) is 13.0 Å². The SMILES string of the molecule is CCOc1ccc(C(c2cccc(OC)c2)N2CCCCC2C(=O)O)cc1. The molecule has 2 aromatic carbocycles. The van der Waals surface area contributed by atoms with Crippen molar-refractivity contribution in [1.82, 2.24) is 4.90 Å². The lowest BCUT2D eigenvalue weighted by atomic mass is 9.91. The molecule has 1 N–H and O–H groups in total. The average molecular weight is 369 g/mol. The fraction of sp³-hybridized carbons (Fsp3) is 0.409. The topological polar surface area (TPSA) is 59.0 Å². The van der Waals surface area contributed by atoms with E-state index in [1.807, 2.05) is 55.5 Å². The maximum atomic E-state index is 11.9. The number of methoxy groups -OCH3 is 1. The first-order valence-corrected chi connectivity index (χ1v) is 9.49. The molecule has 2 aromatic rings. The van der Waals surface area contributed by atoms with E-state index >= 15 is 0 Å². The summed E-state index contributed by atoms with van der Waals surface area (Å²) in [5.41, 5.74) is 2.09. The highest BCUT2D eigenvalue weighted by atomic mass is 16.5. The van der Waals surface area contributed by atoms with Gasteiger partial charge in [0.25, 0.3) is 0 Å². The Labute approximate surface area is 160 Å². The summed E-state index contributed by atoms with van der Waals surface area (Å²) in [6, 6.07) is 15.2. The van der Waals surface area contributed by atoms with E-state index in [2.05, 4.69) is 4.90 Å². The summed E-state index contributed by atoms with van der Waals surface area (Å²) < 4.78 is 11.0. The fourth-order valence-electron chi connectivity index (χ4n) is 3.83. The molecule has 5 nitrogen and oxygen atoms in total. The molecular weight excluding hydrogens is 342 g/mol. The molecule has 1 heterocycles. The van der Waals surface area contributed by atoms with Crippen molar-refractivity contribution in [2.24, 2.45) is 0 Å². The number of likely N-dealkylation sites (tertiary alicyclic amines) is 1. The van der Waals surface area contributed by atoms with Crippen LogP contribution in [0.15, 0.2) is 48.5 Å². The lowest BCUT2D eigenvalue weighted by molar-refractivity contribution is -0.145. The number of carboxylic acid groups (broad SMARTS) is 1. The maximum Gasteiger partial charge on any atom is 0.320 e. The fourth-order valence-corrected chi connectivity index (χ4v) is 3.83. The van der Waals surface area contributed by atoms with E-state index in [-0.39, 0.29) is 6.04 Å². The Balaban J connectivity index is 2.03. The summed E-state index contributed by atoms with van der Waals surface area (Å²) in [7, 11) is 1.64. The second-order valence-electron chi connectivity index (χ2n) is 6.77. The van der Waals surface area contributed by atoms with Gasteiger partial charge in [-0.15, -0.1) is 0 Å². The van der Waals surface area contributed by atoms with Gasteiger partial charge in [0.05, 0.1) is 19.8 Å². The van der Waals surface area contributed by atoms with Crippen molar-refractivity contribution in [3.05, 3.63) is 59.7 Å². The molecule has 5 heteroatoms. The lowest BCUT2D eigenvalue weighted by Gasteiger charge is -2.39. The van der Waals surface area contributed by atoms with Crippen LogP contribution in [0.5, 0.6) is 11.5 Å². The lowest BCUT2D eigenvalue weighted by Crippen LogP contribution is -2.46. The van der Waals surface area contributed by atoms with E-state index < -0.39 is 12.0 Å². The highest BCUT2D eigenvalue weighted by molar-refractivity contribution is 5.73. The van der Waals surface area contributed by atoms with Crippen LogP contribution >= 0.6 is 0 Å². The Hall–Kier alpha value is -2.53. The normalized spacial score (nSPS) is 18.7. The van der Waals surface area contributed by atoms with E-state index in [0.717, 1.165) is 42.0 Å². The van der Waals surface area contributed by atoms with Gasteiger partial charge in [0.2, 0.25) is 0 Å². The predicted molar refractivity (Wildman–Crippen MR) is 104 cm³/mol. The van der Waals surface area contributed by atoms with Gasteiger partial charge in [-0.3, -0.25) is 9.69 Å². The highest BCUT2D eigenvalue weighted by Gasteiger charge is 2.35. The van der Waals surface area contributed by atoms with Gasteiger partial charge in [-0.25, -0.2) is 0 Å². The van der Waals surface area contributed by atoms with Gasteiger partial charge in [0.15, 0.2) is 0 Å². The van der Waals surface area contributed by atoms with E-state index in [9.17, 15) is 9.90 Å². The van der Waals surface area contributed by atoms with Gasteiger partial charge in [0.1, 0.15) is 17.5 Å². The molecule has 0 saturated carbocycles. The zero-order chi connectivity index (χ0) is 19.2. The monoisotopic (exact) mass is 369 g/mol. The minimum Gasteiger partial charge on any atom is -0.497 e. The Bertz CT molecular complexity index is 759. The van der Waals surface area contributed by atoms with Crippen molar-refractivity contribution in [3.8, 4) is 11.5 Å². The largest absolute Gasteiger partial charge is 0.497 e. The third-order valence-electron chi connectivity index (χ3n) is 5.08. The zero-order valence-electron chi connectivity index (χ0n) is 15.9. The Morgan fingerprint density at radius 3 is 2.59 bits per heavy atom. The Morgan fingerprint density at radius 1 is 1.15 bits per heavy atom. The van der Waals surface area contributed by atoms with Crippen LogP contribution in [0.3, 0.4) is 0 Å². The second-order valence-corrected chi connectivity index (χ2v) is 6.77. The van der Waals surface area contributed by atoms with E-state index in [1.165, 1.54) is 0 Å². The van der Waals surface area contributed by atoms with Crippen LogP contribution in [-0.2, 0) is 4.79 Å². The second kappa shape index (κ2) is 8.91. The van der Waals surface area contributed by atoms with Crippen LogP contribution < -0.4 is 9.47 Å². The molecule has 1 aliphatic rings. The molecule has 0 amide bonds. The Kier molecular flexibility index (Phi) is 6.35. The first kappa shape index (κ1) is 19.2. The quantitative estimate of drug-likeness (QED) is 0.795. The molecule has 0 aromatic heterocycles. The summed E-state index contributed by atoms with van der Waals surface area (Å²) >= 11 is 0. The van der Waals surface area contributed by atoms with Crippen molar-refractivity contribution in [2.75, 3.05) is 20.3 Å². The first-order chi connectivity index (χ1) is 13.1. The minimum atomic E-state index is -0.756. The van der Waals surface area contributed by atoms with Gasteiger partial charge in [-0.2, -0.15) is 0 Å². The van der Waals surface area contributed by atoms with Crippen LogP contribution in [0.2, 0.25) is 0 Å². The summed E-state index contributed by atoms with van der Waals surface area (Å²) in [4.78, 5) is 14.0. The third-order valence-corrected chi connectivity index (χ3v) is 5.08. The molecule has 0 radical (unpaired) electrons.